The van der Waals surface area contributed by atoms with E-state index in [1.54, 1.807) is 19.1 Å². The molecule has 2 unspecified atom stereocenters. The van der Waals surface area contributed by atoms with E-state index in [2.05, 4.69) is 54.8 Å². The molecule has 6 nitrogen and oxygen atoms in total. The quantitative estimate of drug-likeness (QED) is 0.659. The summed E-state index contributed by atoms with van der Waals surface area (Å²) in [5, 5.41) is 9.86. The number of hydrogen-bond acceptors (Lipinski definition) is 4. The van der Waals surface area contributed by atoms with Crippen LogP contribution >= 0.6 is 0 Å². The maximum absolute atomic E-state index is 13.6. The van der Waals surface area contributed by atoms with Crippen molar-refractivity contribution in [1.82, 2.24) is 14.7 Å². The zero-order valence-electron chi connectivity index (χ0n) is 22.2. The molecular weight excluding hydrogens is 450 g/mol. The minimum absolute atomic E-state index is 0.0600. The van der Waals surface area contributed by atoms with Crippen molar-refractivity contribution >= 4 is 11.8 Å². The Morgan fingerprint density at radius 3 is 2.11 bits per heavy atom. The van der Waals surface area contributed by atoms with Gasteiger partial charge in [0.15, 0.2) is 0 Å². The van der Waals surface area contributed by atoms with E-state index in [1.165, 1.54) is 5.56 Å². The third-order valence-electron chi connectivity index (χ3n) is 7.94. The molecule has 6 heteroatoms. The van der Waals surface area contributed by atoms with Gasteiger partial charge in [-0.25, -0.2) is 0 Å². The Balaban J connectivity index is 1.52. The van der Waals surface area contributed by atoms with Crippen molar-refractivity contribution in [3.63, 3.8) is 0 Å². The number of piperidine rings is 1. The molecule has 2 saturated heterocycles. The first-order valence-corrected chi connectivity index (χ1v) is 13.3. The van der Waals surface area contributed by atoms with Crippen LogP contribution in [0.4, 0.5) is 0 Å². The number of rotatable bonds is 5. The van der Waals surface area contributed by atoms with Crippen LogP contribution in [0.15, 0.2) is 54.6 Å². The van der Waals surface area contributed by atoms with Crippen LogP contribution in [0.1, 0.15) is 64.1 Å². The molecule has 194 valence electrons. The number of phenolic OH excluding ortho intramolecular Hbond substituents is 1. The predicted octanol–water partition coefficient (Wildman–Crippen LogP) is 4.69. The Morgan fingerprint density at radius 2 is 1.53 bits per heavy atom. The largest absolute Gasteiger partial charge is 0.508 e. The van der Waals surface area contributed by atoms with E-state index in [9.17, 15) is 14.7 Å². The zero-order valence-corrected chi connectivity index (χ0v) is 22.2. The summed E-state index contributed by atoms with van der Waals surface area (Å²) in [5.41, 5.74) is 2.29. The summed E-state index contributed by atoms with van der Waals surface area (Å²) in [5.74, 6) is 0.991. The first-order chi connectivity index (χ1) is 17.1. The lowest BCUT2D eigenvalue weighted by atomic mass is 9.82. The summed E-state index contributed by atoms with van der Waals surface area (Å²) >= 11 is 0. The van der Waals surface area contributed by atoms with E-state index in [-0.39, 0.29) is 35.1 Å². The minimum atomic E-state index is -0.0669. The summed E-state index contributed by atoms with van der Waals surface area (Å²) in [7, 11) is 0. The lowest BCUT2D eigenvalue weighted by Crippen LogP contribution is -2.60. The Kier molecular flexibility index (Phi) is 8.04. The fourth-order valence-corrected chi connectivity index (χ4v) is 5.80. The van der Waals surface area contributed by atoms with Crippen molar-refractivity contribution in [2.45, 2.75) is 59.0 Å². The number of benzene rings is 2. The lowest BCUT2D eigenvalue weighted by molar-refractivity contribution is -0.141. The van der Waals surface area contributed by atoms with Gasteiger partial charge >= 0.3 is 0 Å². The van der Waals surface area contributed by atoms with Crippen molar-refractivity contribution < 1.29 is 14.7 Å². The number of phenols is 1. The van der Waals surface area contributed by atoms with Crippen LogP contribution in [-0.2, 0) is 9.59 Å². The smallest absolute Gasteiger partial charge is 0.223 e. The molecule has 0 aliphatic carbocycles. The predicted molar refractivity (Wildman–Crippen MR) is 143 cm³/mol. The van der Waals surface area contributed by atoms with Gasteiger partial charge in [0.05, 0.1) is 6.04 Å². The van der Waals surface area contributed by atoms with Crippen molar-refractivity contribution in [3.05, 3.63) is 65.7 Å². The first kappa shape index (κ1) is 26.2. The number of likely N-dealkylation sites (tertiary alicyclic amines) is 1. The summed E-state index contributed by atoms with van der Waals surface area (Å²) in [6.07, 6.45) is 2.38. The Bertz CT molecular complexity index is 1020. The van der Waals surface area contributed by atoms with E-state index < -0.39 is 0 Å². The molecule has 0 bridgehead atoms. The van der Waals surface area contributed by atoms with E-state index >= 15 is 0 Å². The first-order valence-electron chi connectivity index (χ1n) is 13.3. The van der Waals surface area contributed by atoms with E-state index in [4.69, 9.17) is 0 Å². The third-order valence-corrected chi connectivity index (χ3v) is 7.94. The van der Waals surface area contributed by atoms with E-state index in [1.807, 2.05) is 23.1 Å². The molecule has 2 fully saturated rings. The molecule has 36 heavy (non-hydrogen) atoms. The molecule has 2 aromatic rings. The fraction of sp³-hybridized carbons (Fsp3) is 0.533. The van der Waals surface area contributed by atoms with Crippen LogP contribution in [0.2, 0.25) is 0 Å². The molecule has 2 aliphatic heterocycles. The summed E-state index contributed by atoms with van der Waals surface area (Å²) in [6, 6.07) is 18.2. The van der Waals surface area contributed by atoms with Gasteiger partial charge in [-0.1, -0.05) is 63.2 Å². The lowest BCUT2D eigenvalue weighted by Gasteiger charge is -2.50. The second kappa shape index (κ2) is 11.0. The van der Waals surface area contributed by atoms with Crippen LogP contribution in [0.3, 0.4) is 0 Å². The normalized spacial score (nSPS) is 20.8. The second-order valence-electron chi connectivity index (χ2n) is 11.5. The summed E-state index contributed by atoms with van der Waals surface area (Å²) in [6.45, 7) is 12.1. The van der Waals surface area contributed by atoms with Gasteiger partial charge in [-0.3, -0.25) is 14.5 Å². The van der Waals surface area contributed by atoms with Gasteiger partial charge in [0.25, 0.3) is 0 Å². The Labute approximate surface area is 215 Å². The molecular formula is C30H41N3O3. The molecule has 0 spiro atoms. The van der Waals surface area contributed by atoms with Crippen molar-refractivity contribution in [1.29, 1.82) is 0 Å². The molecule has 2 aliphatic rings. The van der Waals surface area contributed by atoms with Gasteiger partial charge in [0.2, 0.25) is 11.8 Å². The molecule has 2 heterocycles. The van der Waals surface area contributed by atoms with Crippen molar-refractivity contribution in [2.24, 2.45) is 11.3 Å². The van der Waals surface area contributed by atoms with Crippen LogP contribution in [-0.4, -0.2) is 70.4 Å². The van der Waals surface area contributed by atoms with Gasteiger partial charge in [-0.05, 0) is 47.4 Å². The minimum Gasteiger partial charge on any atom is -0.508 e. The van der Waals surface area contributed by atoms with Gasteiger partial charge in [-0.15, -0.1) is 0 Å². The van der Waals surface area contributed by atoms with E-state index in [0.717, 1.165) is 44.6 Å². The Hall–Kier alpha value is -2.86. The fourth-order valence-electron chi connectivity index (χ4n) is 5.80. The number of carbonyl (C=O) groups is 2. The molecule has 2 atom stereocenters. The highest BCUT2D eigenvalue weighted by Crippen LogP contribution is 2.36. The highest BCUT2D eigenvalue weighted by molar-refractivity contribution is 5.77. The van der Waals surface area contributed by atoms with Crippen molar-refractivity contribution in [2.75, 3.05) is 32.7 Å². The highest BCUT2D eigenvalue weighted by Gasteiger charge is 2.40. The Morgan fingerprint density at radius 1 is 0.917 bits per heavy atom. The van der Waals surface area contributed by atoms with Crippen molar-refractivity contribution in [3.8, 4) is 5.75 Å². The monoisotopic (exact) mass is 491 g/mol. The topological polar surface area (TPSA) is 64.1 Å². The average molecular weight is 492 g/mol. The maximum atomic E-state index is 13.6. The van der Waals surface area contributed by atoms with E-state index in [0.29, 0.717) is 18.9 Å². The van der Waals surface area contributed by atoms with Gasteiger partial charge in [-0.2, -0.15) is 0 Å². The van der Waals surface area contributed by atoms with Gasteiger partial charge < -0.3 is 14.9 Å². The number of piperazine rings is 1. The number of amides is 2. The second-order valence-corrected chi connectivity index (χ2v) is 11.5. The molecule has 0 radical (unpaired) electrons. The number of hydrogen-bond donors (Lipinski definition) is 1. The summed E-state index contributed by atoms with van der Waals surface area (Å²) < 4.78 is 0. The number of nitrogens with zero attached hydrogens (tertiary/aromatic N) is 3. The van der Waals surface area contributed by atoms with Crippen LogP contribution in [0.25, 0.3) is 0 Å². The summed E-state index contributed by atoms with van der Waals surface area (Å²) in [4.78, 5) is 31.8. The highest BCUT2D eigenvalue weighted by atomic mass is 16.3. The maximum Gasteiger partial charge on any atom is 0.223 e. The van der Waals surface area contributed by atoms with Crippen LogP contribution < -0.4 is 0 Å². The molecule has 0 saturated carbocycles. The standard InChI is InChI=1S/C30H41N3O3/c1-22(34)31-16-14-23(15-17-31)20-28(36)33-19-18-32(21-27(33)30(2,3)4)29(24-8-6-5-7-9-24)25-10-12-26(35)13-11-25/h5-13,23,27,29,35H,14-21H2,1-4H3. The molecule has 2 aromatic carbocycles. The van der Waals surface area contributed by atoms with Gasteiger partial charge in [0.1, 0.15) is 5.75 Å². The zero-order chi connectivity index (χ0) is 25.9. The SMILES string of the molecule is CC(=O)N1CCC(CC(=O)N2CCN(C(c3ccccc3)c3ccc(O)cc3)CC2C(C)(C)C)CC1. The molecule has 4 rings (SSSR count). The molecule has 1 N–H and O–H groups in total. The molecule has 0 aromatic heterocycles. The van der Waals surface area contributed by atoms with Crippen LogP contribution in [0, 0.1) is 11.3 Å². The van der Waals surface area contributed by atoms with Gasteiger partial charge in [0, 0.05) is 52.1 Å². The number of carbonyl (C=O) groups excluding carboxylic acids is 2. The van der Waals surface area contributed by atoms with Crippen LogP contribution in [0.5, 0.6) is 5.75 Å². The average Bonchev–Trinajstić information content (AvgIpc) is 2.86. The third kappa shape index (κ3) is 6.09. The molecule has 2 amide bonds. The number of aromatic hydroxyl groups is 1.